The van der Waals surface area contributed by atoms with E-state index in [1.807, 2.05) is 24.3 Å². The minimum Gasteiger partial charge on any atom is -0.376 e. The lowest BCUT2D eigenvalue weighted by Crippen LogP contribution is -2.25. The highest BCUT2D eigenvalue weighted by atomic mass is 35.5. The third-order valence-electron chi connectivity index (χ3n) is 3.72. The summed E-state index contributed by atoms with van der Waals surface area (Å²) in [5, 5.41) is 7.65. The van der Waals surface area contributed by atoms with Gasteiger partial charge >= 0.3 is 0 Å². The van der Waals surface area contributed by atoms with Crippen molar-refractivity contribution < 1.29 is 4.79 Å². The number of anilines is 2. The van der Waals surface area contributed by atoms with Crippen molar-refractivity contribution in [3.8, 4) is 0 Å². The summed E-state index contributed by atoms with van der Waals surface area (Å²) >= 11 is 5.82. The molecule has 25 heavy (non-hydrogen) atoms. The molecule has 2 rings (SSSR count). The van der Waals surface area contributed by atoms with Crippen LogP contribution < -0.4 is 15.6 Å². The quantitative estimate of drug-likeness (QED) is 0.558. The summed E-state index contributed by atoms with van der Waals surface area (Å²) in [5.41, 5.74) is 5.44. The zero-order valence-corrected chi connectivity index (χ0v) is 15.3. The molecule has 0 heterocycles. The van der Waals surface area contributed by atoms with Gasteiger partial charge in [0, 0.05) is 29.5 Å². The maximum atomic E-state index is 11.8. The lowest BCUT2D eigenvalue weighted by atomic mass is 10.2. The highest BCUT2D eigenvalue weighted by Crippen LogP contribution is 2.14. The van der Waals surface area contributed by atoms with Crippen LogP contribution in [0.1, 0.15) is 19.4 Å². The first kappa shape index (κ1) is 18.8. The molecule has 2 aromatic rings. The van der Waals surface area contributed by atoms with Crippen LogP contribution in [0.4, 0.5) is 11.4 Å². The average molecular weight is 359 g/mol. The SMILES string of the molecule is CCN(CC)c1ccc(/C=N\NC(=O)CNc2ccc(Cl)cc2)cc1. The van der Waals surface area contributed by atoms with E-state index in [9.17, 15) is 4.79 Å². The first-order chi connectivity index (χ1) is 12.1. The highest BCUT2D eigenvalue weighted by Gasteiger charge is 2.01. The van der Waals surface area contributed by atoms with Gasteiger partial charge in [-0.1, -0.05) is 23.7 Å². The number of benzene rings is 2. The monoisotopic (exact) mass is 358 g/mol. The van der Waals surface area contributed by atoms with Gasteiger partial charge in [0.05, 0.1) is 12.8 Å². The molecule has 0 fully saturated rings. The molecule has 0 radical (unpaired) electrons. The fourth-order valence-corrected chi connectivity index (χ4v) is 2.45. The maximum Gasteiger partial charge on any atom is 0.259 e. The Balaban J connectivity index is 1.79. The number of hydrogen-bond donors (Lipinski definition) is 2. The van der Waals surface area contributed by atoms with Gasteiger partial charge in [0.15, 0.2) is 0 Å². The van der Waals surface area contributed by atoms with Crippen molar-refractivity contribution in [1.82, 2.24) is 5.43 Å². The van der Waals surface area contributed by atoms with Gasteiger partial charge in [-0.2, -0.15) is 5.10 Å². The van der Waals surface area contributed by atoms with E-state index >= 15 is 0 Å². The fraction of sp³-hybridized carbons (Fsp3) is 0.263. The third-order valence-corrected chi connectivity index (χ3v) is 3.97. The predicted molar refractivity (Wildman–Crippen MR) is 106 cm³/mol. The van der Waals surface area contributed by atoms with Gasteiger partial charge in [-0.3, -0.25) is 4.79 Å². The Kier molecular flexibility index (Phi) is 7.29. The molecule has 0 saturated heterocycles. The Bertz CT molecular complexity index is 694. The molecule has 132 valence electrons. The Morgan fingerprint density at radius 2 is 1.72 bits per heavy atom. The smallest absolute Gasteiger partial charge is 0.259 e. The molecule has 0 aliphatic heterocycles. The average Bonchev–Trinajstić information content (AvgIpc) is 2.63. The number of hydrogen-bond acceptors (Lipinski definition) is 4. The third kappa shape index (κ3) is 6.12. The number of hydrazone groups is 1. The van der Waals surface area contributed by atoms with Crippen LogP contribution in [0.5, 0.6) is 0 Å². The number of nitrogens with one attached hydrogen (secondary N) is 2. The number of rotatable bonds is 8. The topological polar surface area (TPSA) is 56.7 Å². The maximum absolute atomic E-state index is 11.8. The summed E-state index contributed by atoms with van der Waals surface area (Å²) in [4.78, 5) is 14.0. The summed E-state index contributed by atoms with van der Waals surface area (Å²) in [5.74, 6) is -0.217. The van der Waals surface area contributed by atoms with Crippen LogP contribution in [0.2, 0.25) is 5.02 Å². The van der Waals surface area contributed by atoms with Crippen LogP contribution >= 0.6 is 11.6 Å². The Labute approximate surface area is 153 Å². The number of carbonyl (C=O) groups excluding carboxylic acids is 1. The standard InChI is InChI=1S/C19H23ClN4O/c1-3-24(4-2)18-11-5-15(6-12-18)13-22-23-19(25)14-21-17-9-7-16(20)8-10-17/h5-13,21H,3-4,14H2,1-2H3,(H,23,25)/b22-13-. The minimum absolute atomic E-state index is 0.139. The molecule has 0 aliphatic carbocycles. The number of amides is 1. The van der Waals surface area contributed by atoms with E-state index in [0.717, 1.165) is 24.3 Å². The minimum atomic E-state index is -0.217. The van der Waals surface area contributed by atoms with Crippen LogP contribution in [0.25, 0.3) is 0 Å². The summed E-state index contributed by atoms with van der Waals surface area (Å²) in [6, 6.07) is 15.2. The zero-order valence-electron chi connectivity index (χ0n) is 14.5. The molecule has 0 aliphatic rings. The highest BCUT2D eigenvalue weighted by molar-refractivity contribution is 6.30. The second kappa shape index (κ2) is 9.69. The van der Waals surface area contributed by atoms with Crippen LogP contribution in [-0.4, -0.2) is 31.8 Å². The van der Waals surface area contributed by atoms with E-state index in [0.29, 0.717) is 5.02 Å². The van der Waals surface area contributed by atoms with E-state index in [1.54, 1.807) is 18.3 Å². The molecular formula is C19H23ClN4O. The predicted octanol–water partition coefficient (Wildman–Crippen LogP) is 3.75. The number of carbonyl (C=O) groups is 1. The van der Waals surface area contributed by atoms with E-state index in [1.165, 1.54) is 5.69 Å². The molecule has 2 aromatic carbocycles. The van der Waals surface area contributed by atoms with Crippen LogP contribution in [0.15, 0.2) is 53.6 Å². The summed E-state index contributed by atoms with van der Waals surface area (Å²) in [6.07, 6.45) is 1.63. The van der Waals surface area contributed by atoms with E-state index in [-0.39, 0.29) is 12.5 Å². The van der Waals surface area contributed by atoms with Gasteiger partial charge in [-0.25, -0.2) is 5.43 Å². The van der Waals surface area contributed by atoms with E-state index in [2.05, 4.69) is 46.7 Å². The second-order valence-corrected chi connectivity index (χ2v) is 5.85. The van der Waals surface area contributed by atoms with Crippen molar-refractivity contribution in [3.63, 3.8) is 0 Å². The molecular weight excluding hydrogens is 336 g/mol. The molecule has 0 unspecified atom stereocenters. The molecule has 0 bridgehead atoms. The van der Waals surface area contributed by atoms with Gasteiger partial charge in [-0.05, 0) is 55.8 Å². The molecule has 2 N–H and O–H groups in total. The normalized spacial score (nSPS) is 10.7. The first-order valence-corrected chi connectivity index (χ1v) is 8.66. The molecule has 6 heteroatoms. The summed E-state index contributed by atoms with van der Waals surface area (Å²) < 4.78 is 0. The number of halogens is 1. The van der Waals surface area contributed by atoms with Crippen molar-refractivity contribution in [3.05, 3.63) is 59.1 Å². The van der Waals surface area contributed by atoms with Crippen molar-refractivity contribution in [2.75, 3.05) is 29.9 Å². The number of nitrogens with zero attached hydrogens (tertiary/aromatic N) is 2. The van der Waals surface area contributed by atoms with Gasteiger partial charge in [0.2, 0.25) is 0 Å². The zero-order chi connectivity index (χ0) is 18.1. The molecule has 0 aromatic heterocycles. The molecule has 1 amide bonds. The first-order valence-electron chi connectivity index (χ1n) is 8.28. The van der Waals surface area contributed by atoms with E-state index in [4.69, 9.17) is 11.6 Å². The van der Waals surface area contributed by atoms with Gasteiger partial charge in [-0.15, -0.1) is 0 Å². The van der Waals surface area contributed by atoms with Crippen molar-refractivity contribution in [2.45, 2.75) is 13.8 Å². The van der Waals surface area contributed by atoms with Gasteiger partial charge in [0.25, 0.3) is 5.91 Å². The molecule has 0 saturated carbocycles. The van der Waals surface area contributed by atoms with Crippen LogP contribution in [-0.2, 0) is 4.79 Å². The van der Waals surface area contributed by atoms with Crippen LogP contribution in [0.3, 0.4) is 0 Å². The summed E-state index contributed by atoms with van der Waals surface area (Å²) in [6.45, 7) is 6.35. The summed E-state index contributed by atoms with van der Waals surface area (Å²) in [7, 11) is 0. The Hall–Kier alpha value is -2.53. The lowest BCUT2D eigenvalue weighted by molar-refractivity contribution is -0.119. The van der Waals surface area contributed by atoms with Gasteiger partial charge in [0.1, 0.15) is 0 Å². The van der Waals surface area contributed by atoms with Crippen molar-refractivity contribution in [2.24, 2.45) is 5.10 Å². The largest absolute Gasteiger partial charge is 0.376 e. The van der Waals surface area contributed by atoms with Crippen LogP contribution in [0, 0.1) is 0 Å². The van der Waals surface area contributed by atoms with Crippen molar-refractivity contribution in [1.29, 1.82) is 0 Å². The molecule has 0 atom stereocenters. The second-order valence-electron chi connectivity index (χ2n) is 5.42. The molecule has 0 spiro atoms. The lowest BCUT2D eigenvalue weighted by Gasteiger charge is -2.20. The van der Waals surface area contributed by atoms with Gasteiger partial charge < -0.3 is 10.2 Å². The van der Waals surface area contributed by atoms with E-state index < -0.39 is 0 Å². The fourth-order valence-electron chi connectivity index (χ4n) is 2.33. The van der Waals surface area contributed by atoms with Crippen molar-refractivity contribution >= 4 is 35.1 Å². The Morgan fingerprint density at radius 1 is 1.08 bits per heavy atom. The molecule has 5 nitrogen and oxygen atoms in total. The Morgan fingerprint density at radius 3 is 2.32 bits per heavy atom.